The van der Waals surface area contributed by atoms with Crippen molar-refractivity contribution < 1.29 is 9.90 Å². The average Bonchev–Trinajstić information content (AvgIpc) is 1.65. The average molecular weight is 100 g/mol. The number of rotatable bonds is 1. The Labute approximate surface area is 41.4 Å². The number of carbonyl (C=O) groups excluding carboxylic acids is 1. The van der Waals surface area contributed by atoms with E-state index in [1.165, 1.54) is 13.0 Å². The quantitative estimate of drug-likeness (QED) is 0.412. The molecule has 40 valence electrons. The molecule has 0 aliphatic rings. The molecule has 0 atom stereocenters. The van der Waals surface area contributed by atoms with Crippen LogP contribution in [0.15, 0.2) is 11.8 Å². The fourth-order valence-electron chi connectivity index (χ4n) is 0.118. The van der Waals surface area contributed by atoms with Crippen molar-refractivity contribution in [1.29, 1.82) is 0 Å². The summed E-state index contributed by atoms with van der Waals surface area (Å²) in [6.07, 6.45) is 1.27. The van der Waals surface area contributed by atoms with E-state index >= 15 is 0 Å². The van der Waals surface area contributed by atoms with Gasteiger partial charge in [-0.25, -0.2) is 0 Å². The van der Waals surface area contributed by atoms with Crippen LogP contribution in [0.4, 0.5) is 0 Å². The Morgan fingerprint density at radius 3 is 2.29 bits per heavy atom. The summed E-state index contributed by atoms with van der Waals surface area (Å²) in [5.74, 6) is -1.32. The SMILES string of the molecule is CC=C(N)C(=O)[O-]. The third kappa shape index (κ3) is 1.81. The molecule has 7 heavy (non-hydrogen) atoms. The standard InChI is InChI=1S/C4H7NO2/c1-2-3(5)4(6)7/h2H,5H2,1H3,(H,6,7)/p-1. The molecule has 0 heterocycles. The highest BCUT2D eigenvalue weighted by atomic mass is 16.4. The molecule has 0 fully saturated rings. The van der Waals surface area contributed by atoms with Gasteiger partial charge in [0.25, 0.3) is 0 Å². The molecule has 0 aromatic heterocycles. The Morgan fingerprint density at radius 2 is 2.29 bits per heavy atom. The highest BCUT2D eigenvalue weighted by Gasteiger charge is 1.81. The van der Waals surface area contributed by atoms with E-state index in [1.807, 2.05) is 0 Å². The molecular formula is C4H6NO2-. The molecule has 0 radical (unpaired) electrons. The molecule has 3 nitrogen and oxygen atoms in total. The largest absolute Gasteiger partial charge is 0.543 e. The van der Waals surface area contributed by atoms with Crippen LogP contribution in [0.1, 0.15) is 6.92 Å². The molecule has 3 heteroatoms. The summed E-state index contributed by atoms with van der Waals surface area (Å²) in [6.45, 7) is 1.53. The number of aliphatic carboxylic acids is 1. The maximum Gasteiger partial charge on any atom is 0.0869 e. The first-order valence-electron chi connectivity index (χ1n) is 1.81. The monoisotopic (exact) mass is 100 g/mol. The smallest absolute Gasteiger partial charge is 0.0869 e. The molecular weight excluding hydrogens is 94.0 g/mol. The van der Waals surface area contributed by atoms with Gasteiger partial charge in [-0.05, 0) is 6.92 Å². The summed E-state index contributed by atoms with van der Waals surface area (Å²) < 4.78 is 0. The Balaban J connectivity index is 3.82. The number of allylic oxidation sites excluding steroid dienone is 1. The van der Waals surface area contributed by atoms with E-state index in [0.717, 1.165) is 0 Å². The Bertz CT molecular complexity index is 106. The first-order chi connectivity index (χ1) is 3.18. The zero-order valence-electron chi connectivity index (χ0n) is 3.97. The van der Waals surface area contributed by atoms with Crippen molar-refractivity contribution in [3.8, 4) is 0 Å². The summed E-state index contributed by atoms with van der Waals surface area (Å²) in [7, 11) is 0. The molecule has 0 saturated carbocycles. The number of hydrogen-bond donors (Lipinski definition) is 1. The fraction of sp³-hybridized carbons (Fsp3) is 0.250. The fourth-order valence-corrected chi connectivity index (χ4v) is 0.118. The first kappa shape index (κ1) is 6.01. The third-order valence-corrected chi connectivity index (χ3v) is 0.547. The molecule has 0 unspecified atom stereocenters. The van der Waals surface area contributed by atoms with E-state index < -0.39 is 5.97 Å². The molecule has 0 aromatic rings. The van der Waals surface area contributed by atoms with Crippen molar-refractivity contribution in [2.24, 2.45) is 5.73 Å². The van der Waals surface area contributed by atoms with E-state index in [0.29, 0.717) is 0 Å². The van der Waals surface area contributed by atoms with Gasteiger partial charge in [-0.15, -0.1) is 0 Å². The maximum absolute atomic E-state index is 9.63. The van der Waals surface area contributed by atoms with Crippen molar-refractivity contribution in [3.63, 3.8) is 0 Å². The van der Waals surface area contributed by atoms with Crippen LogP contribution in [0.2, 0.25) is 0 Å². The van der Waals surface area contributed by atoms with Crippen molar-refractivity contribution in [3.05, 3.63) is 11.8 Å². The second kappa shape index (κ2) is 2.23. The minimum atomic E-state index is -1.32. The van der Waals surface area contributed by atoms with E-state index in [-0.39, 0.29) is 5.70 Å². The summed E-state index contributed by atoms with van der Waals surface area (Å²) in [5.41, 5.74) is 4.59. The summed E-state index contributed by atoms with van der Waals surface area (Å²) >= 11 is 0. The predicted molar refractivity (Wildman–Crippen MR) is 23.0 cm³/mol. The topological polar surface area (TPSA) is 66.2 Å². The zero-order valence-corrected chi connectivity index (χ0v) is 3.97. The normalized spacial score (nSPS) is 11.3. The number of carboxylic acid groups (broad SMARTS) is 1. The third-order valence-electron chi connectivity index (χ3n) is 0.547. The summed E-state index contributed by atoms with van der Waals surface area (Å²) in [6, 6.07) is 0. The lowest BCUT2D eigenvalue weighted by Gasteiger charge is -1.96. The number of nitrogens with two attached hydrogens (primary N) is 1. The van der Waals surface area contributed by atoms with Crippen LogP contribution in [0.25, 0.3) is 0 Å². The van der Waals surface area contributed by atoms with Crippen LogP contribution in [0.3, 0.4) is 0 Å². The van der Waals surface area contributed by atoms with E-state index in [1.54, 1.807) is 0 Å². The van der Waals surface area contributed by atoms with E-state index in [4.69, 9.17) is 5.73 Å². The zero-order chi connectivity index (χ0) is 5.86. The van der Waals surface area contributed by atoms with Crippen LogP contribution >= 0.6 is 0 Å². The minimum absolute atomic E-state index is 0.222. The second-order valence-electron chi connectivity index (χ2n) is 1.03. The summed E-state index contributed by atoms with van der Waals surface area (Å²) in [5, 5.41) is 9.63. The lowest BCUT2D eigenvalue weighted by Crippen LogP contribution is -2.28. The van der Waals surface area contributed by atoms with Gasteiger partial charge in [0.15, 0.2) is 0 Å². The first-order valence-corrected chi connectivity index (χ1v) is 1.81. The van der Waals surface area contributed by atoms with Gasteiger partial charge in [-0.3, -0.25) is 0 Å². The van der Waals surface area contributed by atoms with Gasteiger partial charge < -0.3 is 15.6 Å². The van der Waals surface area contributed by atoms with Gasteiger partial charge in [0.2, 0.25) is 0 Å². The lowest BCUT2D eigenvalue weighted by atomic mass is 10.4. The Morgan fingerprint density at radius 1 is 1.86 bits per heavy atom. The lowest BCUT2D eigenvalue weighted by molar-refractivity contribution is -0.299. The van der Waals surface area contributed by atoms with Crippen LogP contribution < -0.4 is 10.8 Å². The van der Waals surface area contributed by atoms with Crippen molar-refractivity contribution in [2.45, 2.75) is 6.92 Å². The van der Waals surface area contributed by atoms with Gasteiger partial charge in [-0.1, -0.05) is 6.08 Å². The van der Waals surface area contributed by atoms with Crippen LogP contribution in [0.5, 0.6) is 0 Å². The molecule has 0 amide bonds. The Kier molecular flexibility index (Phi) is 1.91. The number of carboxylic acids is 1. The van der Waals surface area contributed by atoms with Crippen molar-refractivity contribution >= 4 is 5.97 Å². The van der Waals surface area contributed by atoms with Crippen LogP contribution in [-0.2, 0) is 4.79 Å². The van der Waals surface area contributed by atoms with Crippen LogP contribution in [-0.4, -0.2) is 5.97 Å². The van der Waals surface area contributed by atoms with Gasteiger partial charge in [-0.2, -0.15) is 0 Å². The minimum Gasteiger partial charge on any atom is -0.543 e. The van der Waals surface area contributed by atoms with Crippen molar-refractivity contribution in [2.75, 3.05) is 0 Å². The number of hydrogen-bond acceptors (Lipinski definition) is 3. The molecule has 0 saturated heterocycles. The summed E-state index contributed by atoms with van der Waals surface area (Å²) in [4.78, 5) is 9.63. The number of carbonyl (C=O) groups is 1. The van der Waals surface area contributed by atoms with Crippen LogP contribution in [0, 0.1) is 0 Å². The highest BCUT2D eigenvalue weighted by Crippen LogP contribution is 1.74. The van der Waals surface area contributed by atoms with E-state index in [2.05, 4.69) is 0 Å². The maximum atomic E-state index is 9.63. The molecule has 0 aliphatic heterocycles. The van der Waals surface area contributed by atoms with E-state index in [9.17, 15) is 9.90 Å². The molecule has 0 aliphatic carbocycles. The van der Waals surface area contributed by atoms with Gasteiger partial charge in [0.05, 0.1) is 11.7 Å². The van der Waals surface area contributed by atoms with Crippen molar-refractivity contribution in [1.82, 2.24) is 0 Å². The highest BCUT2D eigenvalue weighted by molar-refractivity contribution is 5.83. The Hall–Kier alpha value is -0.990. The molecule has 2 N–H and O–H groups in total. The van der Waals surface area contributed by atoms with Gasteiger partial charge in [0.1, 0.15) is 0 Å². The molecule has 0 rings (SSSR count). The molecule has 0 spiro atoms. The second-order valence-corrected chi connectivity index (χ2v) is 1.03. The van der Waals surface area contributed by atoms with Gasteiger partial charge in [0, 0.05) is 0 Å². The molecule has 0 bridgehead atoms. The van der Waals surface area contributed by atoms with Gasteiger partial charge >= 0.3 is 0 Å². The predicted octanol–water partition coefficient (Wildman–Crippen LogP) is -1.40. The molecule has 0 aromatic carbocycles.